The van der Waals surface area contributed by atoms with Crippen LogP contribution in [0.15, 0.2) is 36.5 Å². The number of pyridine rings is 1. The molecule has 1 aromatic carbocycles. The van der Waals surface area contributed by atoms with Crippen LogP contribution in [0.5, 0.6) is 11.5 Å². The summed E-state index contributed by atoms with van der Waals surface area (Å²) >= 11 is 0. The lowest BCUT2D eigenvalue weighted by Gasteiger charge is -2.11. The number of rotatable bonds is 9. The maximum atomic E-state index is 12.1. The van der Waals surface area contributed by atoms with Crippen molar-refractivity contribution in [2.45, 2.75) is 6.42 Å². The second-order valence-corrected chi connectivity index (χ2v) is 6.04. The molecular weight excluding hydrogens is 332 g/mol. The van der Waals surface area contributed by atoms with Gasteiger partial charge in [0.05, 0.1) is 19.8 Å². The van der Waals surface area contributed by atoms with Gasteiger partial charge in [-0.15, -0.1) is 0 Å². The molecule has 0 unspecified atom stereocenters. The summed E-state index contributed by atoms with van der Waals surface area (Å²) in [4.78, 5) is 18.5. The minimum atomic E-state index is -0.117. The standard InChI is InChI=1S/C19H26N4O3/c1-23(2)11-5-10-20-19(24)14-6-9-18(21-13-14)22-15-7-8-16(25-3)17(12-15)26-4/h6-9,12-13H,5,10-11H2,1-4H3,(H,20,24)(H,21,22). The maximum absolute atomic E-state index is 12.1. The third-order valence-corrected chi connectivity index (χ3v) is 3.75. The van der Waals surface area contributed by atoms with Crippen LogP contribution >= 0.6 is 0 Å². The molecule has 1 aromatic heterocycles. The van der Waals surface area contributed by atoms with E-state index in [0.29, 0.717) is 29.4 Å². The summed E-state index contributed by atoms with van der Waals surface area (Å²) in [5, 5.41) is 6.07. The molecule has 140 valence electrons. The number of carbonyl (C=O) groups is 1. The Bertz CT molecular complexity index is 717. The molecule has 0 fully saturated rings. The molecule has 2 rings (SSSR count). The molecule has 1 amide bonds. The number of nitrogens with zero attached hydrogens (tertiary/aromatic N) is 2. The normalized spacial score (nSPS) is 10.5. The molecule has 0 spiro atoms. The Kier molecular flexibility index (Phi) is 7.23. The molecule has 0 saturated carbocycles. The van der Waals surface area contributed by atoms with Crippen molar-refractivity contribution in [3.63, 3.8) is 0 Å². The van der Waals surface area contributed by atoms with Gasteiger partial charge in [-0.2, -0.15) is 0 Å². The molecule has 0 bridgehead atoms. The van der Waals surface area contributed by atoms with Crippen LogP contribution in [-0.4, -0.2) is 57.2 Å². The number of ether oxygens (including phenoxy) is 2. The highest BCUT2D eigenvalue weighted by Gasteiger charge is 2.07. The fraction of sp³-hybridized carbons (Fsp3) is 0.368. The minimum Gasteiger partial charge on any atom is -0.493 e. The lowest BCUT2D eigenvalue weighted by molar-refractivity contribution is 0.0952. The highest BCUT2D eigenvalue weighted by Crippen LogP contribution is 2.30. The topological polar surface area (TPSA) is 75.7 Å². The van der Waals surface area contributed by atoms with Crippen LogP contribution in [0.3, 0.4) is 0 Å². The van der Waals surface area contributed by atoms with Crippen molar-refractivity contribution < 1.29 is 14.3 Å². The summed E-state index contributed by atoms with van der Waals surface area (Å²) in [6, 6.07) is 9.03. The number of carbonyl (C=O) groups excluding carboxylic acids is 1. The molecule has 0 aliphatic rings. The van der Waals surface area contributed by atoms with Crippen LogP contribution in [0.4, 0.5) is 11.5 Å². The van der Waals surface area contributed by atoms with Crippen LogP contribution in [0.2, 0.25) is 0 Å². The van der Waals surface area contributed by atoms with Gasteiger partial charge < -0.3 is 25.0 Å². The monoisotopic (exact) mass is 358 g/mol. The van der Waals surface area contributed by atoms with E-state index in [1.54, 1.807) is 32.5 Å². The first-order chi connectivity index (χ1) is 12.5. The lowest BCUT2D eigenvalue weighted by Crippen LogP contribution is -2.27. The van der Waals surface area contributed by atoms with E-state index in [1.807, 2.05) is 32.3 Å². The lowest BCUT2D eigenvalue weighted by atomic mass is 10.2. The Labute approximate surface area is 154 Å². The highest BCUT2D eigenvalue weighted by molar-refractivity contribution is 5.94. The van der Waals surface area contributed by atoms with Gasteiger partial charge in [0.1, 0.15) is 5.82 Å². The van der Waals surface area contributed by atoms with Gasteiger partial charge >= 0.3 is 0 Å². The van der Waals surface area contributed by atoms with Gasteiger partial charge in [-0.1, -0.05) is 0 Å². The van der Waals surface area contributed by atoms with Crippen molar-refractivity contribution in [3.8, 4) is 11.5 Å². The Balaban J connectivity index is 1.93. The van der Waals surface area contributed by atoms with Crippen molar-refractivity contribution in [3.05, 3.63) is 42.1 Å². The van der Waals surface area contributed by atoms with Gasteiger partial charge in [-0.05, 0) is 51.3 Å². The molecule has 2 N–H and O–H groups in total. The van der Waals surface area contributed by atoms with E-state index in [4.69, 9.17) is 9.47 Å². The number of amides is 1. The largest absolute Gasteiger partial charge is 0.493 e. The first-order valence-corrected chi connectivity index (χ1v) is 8.41. The maximum Gasteiger partial charge on any atom is 0.252 e. The van der Waals surface area contributed by atoms with Gasteiger partial charge in [0, 0.05) is 24.5 Å². The van der Waals surface area contributed by atoms with Crippen molar-refractivity contribution in [2.24, 2.45) is 0 Å². The van der Waals surface area contributed by atoms with Gasteiger partial charge in [0.15, 0.2) is 11.5 Å². The Morgan fingerprint density at radius 3 is 2.50 bits per heavy atom. The van der Waals surface area contributed by atoms with E-state index in [0.717, 1.165) is 18.7 Å². The molecule has 0 radical (unpaired) electrons. The number of aromatic nitrogens is 1. The molecule has 0 aliphatic heterocycles. The summed E-state index contributed by atoms with van der Waals surface area (Å²) < 4.78 is 10.5. The van der Waals surface area contributed by atoms with Crippen LogP contribution in [0.25, 0.3) is 0 Å². The van der Waals surface area contributed by atoms with Crippen LogP contribution < -0.4 is 20.1 Å². The van der Waals surface area contributed by atoms with E-state index < -0.39 is 0 Å². The van der Waals surface area contributed by atoms with Crippen molar-refractivity contribution >= 4 is 17.4 Å². The van der Waals surface area contributed by atoms with E-state index in [9.17, 15) is 4.79 Å². The predicted molar refractivity (Wildman–Crippen MR) is 103 cm³/mol. The van der Waals surface area contributed by atoms with Crippen LogP contribution in [-0.2, 0) is 0 Å². The van der Waals surface area contributed by atoms with Crippen LogP contribution in [0.1, 0.15) is 16.8 Å². The van der Waals surface area contributed by atoms with Crippen molar-refractivity contribution in [2.75, 3.05) is 46.7 Å². The van der Waals surface area contributed by atoms with E-state index in [2.05, 4.69) is 20.5 Å². The van der Waals surface area contributed by atoms with Crippen molar-refractivity contribution in [1.29, 1.82) is 0 Å². The number of hydrogen-bond donors (Lipinski definition) is 2. The molecule has 2 aromatic rings. The molecule has 1 heterocycles. The Morgan fingerprint density at radius 2 is 1.88 bits per heavy atom. The second-order valence-electron chi connectivity index (χ2n) is 6.04. The SMILES string of the molecule is COc1ccc(Nc2ccc(C(=O)NCCCN(C)C)cn2)cc1OC. The average Bonchev–Trinajstić information content (AvgIpc) is 2.65. The number of benzene rings is 1. The zero-order valence-electron chi connectivity index (χ0n) is 15.7. The highest BCUT2D eigenvalue weighted by atomic mass is 16.5. The molecule has 0 saturated heterocycles. The summed E-state index contributed by atoms with van der Waals surface area (Å²) in [5.41, 5.74) is 1.35. The summed E-state index contributed by atoms with van der Waals surface area (Å²) in [7, 11) is 7.20. The van der Waals surface area contributed by atoms with Gasteiger partial charge in [0.25, 0.3) is 5.91 Å². The van der Waals surface area contributed by atoms with Crippen molar-refractivity contribution in [1.82, 2.24) is 15.2 Å². The van der Waals surface area contributed by atoms with Crippen LogP contribution in [0, 0.1) is 0 Å². The summed E-state index contributed by atoms with van der Waals surface area (Å²) in [5.74, 6) is 1.81. The summed E-state index contributed by atoms with van der Waals surface area (Å²) in [6.45, 7) is 1.58. The fourth-order valence-electron chi connectivity index (χ4n) is 2.36. The first-order valence-electron chi connectivity index (χ1n) is 8.41. The molecule has 7 heteroatoms. The zero-order valence-corrected chi connectivity index (χ0v) is 15.7. The Hall–Kier alpha value is -2.80. The minimum absolute atomic E-state index is 0.117. The quantitative estimate of drug-likeness (QED) is 0.671. The summed E-state index contributed by atoms with van der Waals surface area (Å²) in [6.07, 6.45) is 2.47. The predicted octanol–water partition coefficient (Wildman–Crippen LogP) is 2.52. The zero-order chi connectivity index (χ0) is 18.9. The first kappa shape index (κ1) is 19.5. The average molecular weight is 358 g/mol. The molecule has 26 heavy (non-hydrogen) atoms. The van der Waals surface area contributed by atoms with E-state index >= 15 is 0 Å². The molecule has 0 aliphatic carbocycles. The molecule has 0 atom stereocenters. The van der Waals surface area contributed by atoms with E-state index in [-0.39, 0.29) is 5.91 Å². The van der Waals surface area contributed by atoms with Gasteiger partial charge in [-0.25, -0.2) is 4.98 Å². The van der Waals surface area contributed by atoms with Gasteiger partial charge in [0.2, 0.25) is 0 Å². The second kappa shape index (κ2) is 9.62. The Morgan fingerprint density at radius 1 is 1.12 bits per heavy atom. The van der Waals surface area contributed by atoms with Gasteiger partial charge in [-0.3, -0.25) is 4.79 Å². The fourth-order valence-corrected chi connectivity index (χ4v) is 2.36. The third-order valence-electron chi connectivity index (χ3n) is 3.75. The number of anilines is 2. The number of hydrogen-bond acceptors (Lipinski definition) is 6. The van der Waals surface area contributed by atoms with E-state index in [1.165, 1.54) is 0 Å². The molecule has 7 nitrogen and oxygen atoms in total. The smallest absolute Gasteiger partial charge is 0.252 e. The third kappa shape index (κ3) is 5.63. The number of nitrogens with one attached hydrogen (secondary N) is 2. The number of methoxy groups -OCH3 is 2. The molecular formula is C19H26N4O3.